The Morgan fingerprint density at radius 1 is 1.15 bits per heavy atom. The van der Waals surface area contributed by atoms with Crippen LogP contribution in [0.1, 0.15) is 24.0 Å². The first-order valence-electron chi connectivity index (χ1n) is 6.84. The molecule has 0 spiro atoms. The van der Waals surface area contributed by atoms with E-state index in [2.05, 4.69) is 16.0 Å². The number of aryl methyl sites for hydroxylation is 1. The van der Waals surface area contributed by atoms with E-state index < -0.39 is 0 Å². The third-order valence-corrected chi connectivity index (χ3v) is 4.04. The van der Waals surface area contributed by atoms with Crippen molar-refractivity contribution in [2.45, 2.75) is 25.7 Å². The van der Waals surface area contributed by atoms with E-state index in [0.717, 1.165) is 23.4 Å². The van der Waals surface area contributed by atoms with Gasteiger partial charge in [0.1, 0.15) is 0 Å². The number of fused-ring (bicyclic) bond motifs is 2. The van der Waals surface area contributed by atoms with Gasteiger partial charge in [-0.1, -0.05) is 11.6 Å². The minimum Gasteiger partial charge on any atom is -0.434 e. The number of pyridine rings is 1. The predicted molar refractivity (Wildman–Crippen MR) is 78.9 cm³/mol. The molecule has 2 heterocycles. The molecule has 100 valence electrons. The molecule has 3 aromatic rings. The lowest BCUT2D eigenvalue weighted by Crippen LogP contribution is -2.04. The van der Waals surface area contributed by atoms with Gasteiger partial charge in [-0.05, 0) is 61.1 Å². The van der Waals surface area contributed by atoms with E-state index in [1.165, 1.54) is 24.0 Å². The van der Waals surface area contributed by atoms with Crippen molar-refractivity contribution >= 4 is 22.8 Å². The van der Waals surface area contributed by atoms with Crippen LogP contribution < -0.4 is 0 Å². The smallest absolute Gasteiger partial charge is 0.229 e. The van der Waals surface area contributed by atoms with E-state index in [1.807, 2.05) is 18.2 Å². The molecule has 0 bridgehead atoms. The summed E-state index contributed by atoms with van der Waals surface area (Å²) in [6, 6.07) is 7.76. The van der Waals surface area contributed by atoms with Gasteiger partial charge in [-0.25, -0.2) is 4.98 Å². The highest BCUT2D eigenvalue weighted by Crippen LogP contribution is 2.35. The van der Waals surface area contributed by atoms with Gasteiger partial charge in [-0.2, -0.15) is 4.98 Å². The van der Waals surface area contributed by atoms with Crippen molar-refractivity contribution in [3.63, 3.8) is 0 Å². The number of aromatic nitrogens is 2. The van der Waals surface area contributed by atoms with E-state index in [1.54, 1.807) is 6.20 Å². The number of benzene rings is 1. The summed E-state index contributed by atoms with van der Waals surface area (Å²) in [6.07, 6.45) is 6.31. The molecule has 1 aliphatic rings. The highest BCUT2D eigenvalue weighted by molar-refractivity contribution is 6.31. The molecule has 0 N–H and O–H groups in total. The second kappa shape index (κ2) is 4.60. The number of oxazole rings is 1. The summed E-state index contributed by atoms with van der Waals surface area (Å²) in [4.78, 5) is 8.72. The van der Waals surface area contributed by atoms with Crippen molar-refractivity contribution in [3.8, 4) is 11.5 Å². The monoisotopic (exact) mass is 284 g/mol. The Morgan fingerprint density at radius 3 is 2.95 bits per heavy atom. The predicted octanol–water partition coefficient (Wildman–Crippen LogP) is 4.42. The van der Waals surface area contributed by atoms with Crippen molar-refractivity contribution in [2.75, 3.05) is 0 Å². The van der Waals surface area contributed by atoms with Gasteiger partial charge in [-0.15, -0.1) is 0 Å². The summed E-state index contributed by atoms with van der Waals surface area (Å²) in [5.74, 6) is 0.624. The average molecular weight is 285 g/mol. The lowest BCUT2D eigenvalue weighted by Gasteiger charge is -2.18. The molecule has 0 fully saturated rings. The molecule has 0 unspecified atom stereocenters. The fraction of sp³-hybridized carbons (Fsp3) is 0.250. The van der Waals surface area contributed by atoms with Crippen LogP contribution >= 0.6 is 11.6 Å². The Balaban J connectivity index is 1.94. The van der Waals surface area contributed by atoms with Crippen LogP contribution in [0.2, 0.25) is 5.02 Å². The molecule has 1 aromatic carbocycles. The molecule has 20 heavy (non-hydrogen) atoms. The maximum Gasteiger partial charge on any atom is 0.229 e. The number of hydrogen-bond acceptors (Lipinski definition) is 3. The topological polar surface area (TPSA) is 38.9 Å². The van der Waals surface area contributed by atoms with Crippen molar-refractivity contribution in [1.82, 2.24) is 9.97 Å². The Morgan fingerprint density at radius 2 is 2.05 bits per heavy atom. The number of nitrogens with zero attached hydrogens (tertiary/aromatic N) is 2. The van der Waals surface area contributed by atoms with E-state index >= 15 is 0 Å². The largest absolute Gasteiger partial charge is 0.434 e. The van der Waals surface area contributed by atoms with Gasteiger partial charge < -0.3 is 4.42 Å². The first-order valence-corrected chi connectivity index (χ1v) is 7.22. The highest BCUT2D eigenvalue weighted by Gasteiger charge is 2.19. The molecule has 1 aliphatic carbocycles. The van der Waals surface area contributed by atoms with Gasteiger partial charge in [0.05, 0.1) is 0 Å². The van der Waals surface area contributed by atoms with Crippen LogP contribution in [0.25, 0.3) is 22.7 Å². The summed E-state index contributed by atoms with van der Waals surface area (Å²) >= 11 is 6.25. The van der Waals surface area contributed by atoms with E-state index in [-0.39, 0.29) is 0 Å². The van der Waals surface area contributed by atoms with Gasteiger partial charge in [0.25, 0.3) is 0 Å². The lowest BCUT2D eigenvalue weighted by molar-refractivity contribution is 0.615. The van der Waals surface area contributed by atoms with Crippen LogP contribution in [0.5, 0.6) is 0 Å². The van der Waals surface area contributed by atoms with Crippen LogP contribution in [-0.4, -0.2) is 9.97 Å². The van der Waals surface area contributed by atoms with Crippen LogP contribution in [0.4, 0.5) is 0 Å². The first kappa shape index (κ1) is 11.9. The zero-order valence-corrected chi connectivity index (χ0v) is 11.7. The molecule has 4 heteroatoms. The lowest BCUT2D eigenvalue weighted by atomic mass is 9.88. The summed E-state index contributed by atoms with van der Waals surface area (Å²) in [6.45, 7) is 0. The maximum atomic E-state index is 6.25. The van der Waals surface area contributed by atoms with Gasteiger partial charge in [0.15, 0.2) is 11.2 Å². The summed E-state index contributed by atoms with van der Waals surface area (Å²) in [5, 5.41) is 0.746. The zero-order chi connectivity index (χ0) is 13.5. The van der Waals surface area contributed by atoms with E-state index in [4.69, 9.17) is 16.0 Å². The molecule has 0 aliphatic heterocycles. The average Bonchev–Trinajstić information content (AvgIpc) is 2.90. The van der Waals surface area contributed by atoms with E-state index in [9.17, 15) is 0 Å². The highest BCUT2D eigenvalue weighted by atomic mass is 35.5. The third-order valence-electron chi connectivity index (χ3n) is 3.83. The number of halogens is 1. The molecule has 0 saturated heterocycles. The van der Waals surface area contributed by atoms with Crippen LogP contribution in [-0.2, 0) is 12.8 Å². The summed E-state index contributed by atoms with van der Waals surface area (Å²) in [7, 11) is 0. The molecular weight excluding hydrogens is 272 g/mol. The molecule has 0 atom stereocenters. The Hall–Kier alpha value is -1.87. The molecule has 2 aromatic heterocycles. The zero-order valence-electron chi connectivity index (χ0n) is 10.9. The summed E-state index contributed by atoms with van der Waals surface area (Å²) < 4.78 is 5.84. The van der Waals surface area contributed by atoms with Crippen LogP contribution in [0, 0.1) is 0 Å². The second-order valence-corrected chi connectivity index (χ2v) is 5.58. The van der Waals surface area contributed by atoms with Gasteiger partial charge in [0.2, 0.25) is 5.89 Å². The molecule has 0 radical (unpaired) electrons. The number of hydrogen-bond donors (Lipinski definition) is 0. The van der Waals surface area contributed by atoms with Crippen LogP contribution in [0.3, 0.4) is 0 Å². The molecule has 3 nitrogen and oxygen atoms in total. The third kappa shape index (κ3) is 1.90. The summed E-state index contributed by atoms with van der Waals surface area (Å²) in [5.41, 5.74) is 5.03. The maximum absolute atomic E-state index is 6.25. The Labute approximate surface area is 121 Å². The fourth-order valence-electron chi connectivity index (χ4n) is 2.90. The van der Waals surface area contributed by atoms with Crippen molar-refractivity contribution < 1.29 is 4.42 Å². The second-order valence-electron chi connectivity index (χ2n) is 5.14. The molecular formula is C16H13ClN2O. The fourth-order valence-corrected chi connectivity index (χ4v) is 3.14. The normalized spacial score (nSPS) is 14.4. The molecule has 0 saturated carbocycles. The van der Waals surface area contributed by atoms with Crippen LogP contribution in [0.15, 0.2) is 34.9 Å². The van der Waals surface area contributed by atoms with Crippen molar-refractivity contribution in [1.29, 1.82) is 0 Å². The van der Waals surface area contributed by atoms with Crippen molar-refractivity contribution in [3.05, 3.63) is 46.6 Å². The Bertz CT molecular complexity index is 761. The van der Waals surface area contributed by atoms with Crippen molar-refractivity contribution in [2.24, 2.45) is 0 Å². The van der Waals surface area contributed by atoms with Gasteiger partial charge in [0, 0.05) is 16.8 Å². The SMILES string of the molecule is Clc1cc2c(c(-c3nc4ncccc4o3)c1)CCCC2. The van der Waals surface area contributed by atoms with Gasteiger partial charge in [-0.3, -0.25) is 0 Å². The quantitative estimate of drug-likeness (QED) is 0.664. The van der Waals surface area contributed by atoms with E-state index in [0.29, 0.717) is 17.1 Å². The molecule has 4 rings (SSSR count). The minimum atomic E-state index is 0.624. The number of rotatable bonds is 1. The minimum absolute atomic E-state index is 0.624. The molecule has 0 amide bonds. The van der Waals surface area contributed by atoms with Gasteiger partial charge >= 0.3 is 0 Å². The standard InChI is InChI=1S/C16H13ClN2O/c17-11-8-10-4-1-2-5-12(10)13(9-11)16-19-15-14(20-16)6-3-7-18-15/h3,6-9H,1-2,4-5H2. The first-order chi connectivity index (χ1) is 9.81. The Kier molecular flexibility index (Phi) is 2.74.